The largest absolute Gasteiger partial charge is 0.353 e. The van der Waals surface area contributed by atoms with Crippen molar-refractivity contribution in [2.75, 3.05) is 14.1 Å². The standard InChI is InChI=1S/C19H26N4.HI/c1-14-8-5-6-10-16(14)17-12-18(17)21-19(20-2)23(4)13-15-9-7-11-22(15)3;/h5-11,17-18H,12-13H2,1-4H3,(H,20,21);1H. The summed E-state index contributed by atoms with van der Waals surface area (Å²) in [6.07, 6.45) is 3.26. The van der Waals surface area contributed by atoms with Gasteiger partial charge in [0.2, 0.25) is 0 Å². The molecule has 1 aromatic carbocycles. The fourth-order valence-corrected chi connectivity index (χ4v) is 3.19. The Morgan fingerprint density at radius 2 is 2.04 bits per heavy atom. The molecule has 0 spiro atoms. The van der Waals surface area contributed by atoms with E-state index in [2.05, 4.69) is 83.4 Å². The second-order valence-electron chi connectivity index (χ2n) is 6.46. The lowest BCUT2D eigenvalue weighted by molar-refractivity contribution is 0.461. The molecule has 5 heteroatoms. The van der Waals surface area contributed by atoms with Gasteiger partial charge in [-0.3, -0.25) is 4.99 Å². The number of nitrogens with zero attached hydrogens (tertiary/aromatic N) is 3. The number of halogens is 1. The third-order valence-corrected chi connectivity index (χ3v) is 4.72. The van der Waals surface area contributed by atoms with Crippen LogP contribution >= 0.6 is 24.0 Å². The molecule has 0 bridgehead atoms. The SMILES string of the molecule is CN=C(NC1CC1c1ccccc1C)N(C)Cc1cccn1C.I. The highest BCUT2D eigenvalue weighted by atomic mass is 127. The van der Waals surface area contributed by atoms with Gasteiger partial charge < -0.3 is 14.8 Å². The summed E-state index contributed by atoms with van der Waals surface area (Å²) in [4.78, 5) is 6.63. The van der Waals surface area contributed by atoms with Crippen LogP contribution in [0.25, 0.3) is 0 Å². The molecule has 1 aliphatic rings. The van der Waals surface area contributed by atoms with Crippen LogP contribution in [0.1, 0.15) is 29.2 Å². The smallest absolute Gasteiger partial charge is 0.193 e. The van der Waals surface area contributed by atoms with Crippen molar-refractivity contribution in [2.24, 2.45) is 12.0 Å². The third kappa shape index (κ3) is 4.12. The van der Waals surface area contributed by atoms with Crippen molar-refractivity contribution >= 4 is 29.9 Å². The van der Waals surface area contributed by atoms with Crippen LogP contribution in [0.2, 0.25) is 0 Å². The molecule has 1 saturated carbocycles. The average Bonchev–Trinajstić information content (AvgIpc) is 3.19. The molecule has 0 amide bonds. The molecule has 2 aromatic rings. The van der Waals surface area contributed by atoms with Crippen LogP contribution < -0.4 is 5.32 Å². The Bertz CT molecular complexity index is 707. The monoisotopic (exact) mass is 438 g/mol. The van der Waals surface area contributed by atoms with E-state index in [1.807, 2.05) is 7.05 Å². The molecular weight excluding hydrogens is 411 g/mol. The lowest BCUT2D eigenvalue weighted by Gasteiger charge is -2.22. The van der Waals surface area contributed by atoms with Crippen LogP contribution in [0.15, 0.2) is 47.6 Å². The summed E-state index contributed by atoms with van der Waals surface area (Å²) in [6, 6.07) is 13.4. The van der Waals surface area contributed by atoms with E-state index in [4.69, 9.17) is 0 Å². The Morgan fingerprint density at radius 3 is 2.67 bits per heavy atom. The normalized spacial score (nSPS) is 19.6. The molecule has 3 rings (SSSR count). The topological polar surface area (TPSA) is 32.6 Å². The van der Waals surface area contributed by atoms with Crippen molar-refractivity contribution in [3.8, 4) is 0 Å². The summed E-state index contributed by atoms with van der Waals surface area (Å²) in [7, 11) is 6.02. The zero-order valence-corrected chi connectivity index (χ0v) is 17.2. The fraction of sp³-hybridized carbons (Fsp3) is 0.421. The lowest BCUT2D eigenvalue weighted by Crippen LogP contribution is -2.40. The van der Waals surface area contributed by atoms with Gasteiger partial charge in [0, 0.05) is 45.0 Å². The first kappa shape index (κ1) is 18.8. The summed E-state index contributed by atoms with van der Waals surface area (Å²) in [5, 5.41) is 3.61. The molecule has 1 aromatic heterocycles. The zero-order valence-electron chi connectivity index (χ0n) is 14.9. The highest BCUT2D eigenvalue weighted by Gasteiger charge is 2.40. The Hall–Kier alpha value is -1.50. The van der Waals surface area contributed by atoms with Gasteiger partial charge in [-0.25, -0.2) is 0 Å². The molecule has 0 aliphatic heterocycles. The number of hydrogen-bond donors (Lipinski definition) is 1. The van der Waals surface area contributed by atoms with Crippen molar-refractivity contribution in [3.63, 3.8) is 0 Å². The van der Waals surface area contributed by atoms with E-state index < -0.39 is 0 Å². The van der Waals surface area contributed by atoms with Gasteiger partial charge in [0.05, 0.1) is 6.54 Å². The van der Waals surface area contributed by atoms with Crippen molar-refractivity contribution in [3.05, 3.63) is 59.4 Å². The number of nitrogens with one attached hydrogen (secondary N) is 1. The molecule has 0 saturated heterocycles. The molecule has 0 radical (unpaired) electrons. The minimum atomic E-state index is 0. The summed E-state index contributed by atoms with van der Waals surface area (Å²) in [5.74, 6) is 1.57. The minimum absolute atomic E-state index is 0. The molecule has 130 valence electrons. The van der Waals surface area contributed by atoms with Crippen LogP contribution in [-0.4, -0.2) is 35.6 Å². The first-order chi connectivity index (χ1) is 11.1. The predicted octanol–water partition coefficient (Wildman–Crippen LogP) is 3.51. The van der Waals surface area contributed by atoms with Gasteiger partial charge in [-0.1, -0.05) is 24.3 Å². The number of benzene rings is 1. The van der Waals surface area contributed by atoms with E-state index in [1.54, 1.807) is 0 Å². The van der Waals surface area contributed by atoms with Crippen LogP contribution in [0.3, 0.4) is 0 Å². The molecule has 2 unspecified atom stereocenters. The second kappa shape index (κ2) is 8.05. The van der Waals surface area contributed by atoms with Gasteiger partial charge in [0.25, 0.3) is 0 Å². The van der Waals surface area contributed by atoms with E-state index in [-0.39, 0.29) is 24.0 Å². The fourth-order valence-electron chi connectivity index (χ4n) is 3.19. The van der Waals surface area contributed by atoms with Gasteiger partial charge in [0.1, 0.15) is 0 Å². The first-order valence-electron chi connectivity index (χ1n) is 8.20. The summed E-state index contributed by atoms with van der Waals surface area (Å²) in [6.45, 7) is 3.05. The number of hydrogen-bond acceptors (Lipinski definition) is 1. The van der Waals surface area contributed by atoms with Crippen molar-refractivity contribution < 1.29 is 0 Å². The highest BCUT2D eigenvalue weighted by molar-refractivity contribution is 14.0. The van der Waals surface area contributed by atoms with Crippen LogP contribution in [0.5, 0.6) is 0 Å². The molecule has 24 heavy (non-hydrogen) atoms. The lowest BCUT2D eigenvalue weighted by atomic mass is 10.0. The maximum absolute atomic E-state index is 4.45. The van der Waals surface area contributed by atoms with E-state index in [0.717, 1.165) is 12.5 Å². The number of aliphatic imine (C=N–C) groups is 1. The molecule has 1 fully saturated rings. The minimum Gasteiger partial charge on any atom is -0.353 e. The van der Waals surface area contributed by atoms with Gasteiger partial charge in [0.15, 0.2) is 5.96 Å². The van der Waals surface area contributed by atoms with Crippen LogP contribution in [0, 0.1) is 6.92 Å². The maximum atomic E-state index is 4.45. The quantitative estimate of drug-likeness (QED) is 0.450. The van der Waals surface area contributed by atoms with Crippen LogP contribution in [0.4, 0.5) is 0 Å². The summed E-state index contributed by atoms with van der Waals surface area (Å²) >= 11 is 0. The molecule has 1 heterocycles. The Morgan fingerprint density at radius 1 is 1.29 bits per heavy atom. The molecule has 4 nitrogen and oxygen atoms in total. The summed E-state index contributed by atoms with van der Waals surface area (Å²) < 4.78 is 2.15. The summed E-state index contributed by atoms with van der Waals surface area (Å²) in [5.41, 5.74) is 4.13. The number of rotatable bonds is 4. The highest BCUT2D eigenvalue weighted by Crippen LogP contribution is 2.42. The Kier molecular flexibility index (Phi) is 6.32. The zero-order chi connectivity index (χ0) is 16.4. The van der Waals surface area contributed by atoms with Gasteiger partial charge in [-0.2, -0.15) is 0 Å². The average molecular weight is 438 g/mol. The van der Waals surface area contributed by atoms with Gasteiger partial charge in [-0.15, -0.1) is 24.0 Å². The molecule has 1 aliphatic carbocycles. The van der Waals surface area contributed by atoms with Crippen LogP contribution in [-0.2, 0) is 13.6 Å². The van der Waals surface area contributed by atoms with Gasteiger partial charge in [-0.05, 0) is 36.6 Å². The van der Waals surface area contributed by atoms with E-state index >= 15 is 0 Å². The third-order valence-electron chi connectivity index (χ3n) is 4.72. The maximum Gasteiger partial charge on any atom is 0.193 e. The number of guanidine groups is 1. The molecule has 2 atom stereocenters. The van der Waals surface area contributed by atoms with E-state index in [1.165, 1.54) is 23.2 Å². The molecule has 1 N–H and O–H groups in total. The first-order valence-corrected chi connectivity index (χ1v) is 8.20. The van der Waals surface area contributed by atoms with E-state index in [0.29, 0.717) is 12.0 Å². The van der Waals surface area contributed by atoms with Crippen molar-refractivity contribution in [1.82, 2.24) is 14.8 Å². The van der Waals surface area contributed by atoms with E-state index in [9.17, 15) is 0 Å². The van der Waals surface area contributed by atoms with Gasteiger partial charge >= 0.3 is 0 Å². The number of aromatic nitrogens is 1. The predicted molar refractivity (Wildman–Crippen MR) is 111 cm³/mol. The van der Waals surface area contributed by atoms with Crippen molar-refractivity contribution in [1.29, 1.82) is 0 Å². The second-order valence-corrected chi connectivity index (χ2v) is 6.46. The Balaban J connectivity index is 0.00000208. The number of aryl methyl sites for hydroxylation is 2. The molecular formula is C19H27IN4. The van der Waals surface area contributed by atoms with Crippen molar-refractivity contribution in [2.45, 2.75) is 31.8 Å². The Labute approximate surface area is 162 Å².